The van der Waals surface area contributed by atoms with Crippen molar-refractivity contribution >= 4 is 29.4 Å². The van der Waals surface area contributed by atoms with Gasteiger partial charge in [-0.05, 0) is 57.5 Å². The van der Waals surface area contributed by atoms with Crippen LogP contribution in [0.1, 0.15) is 45.7 Å². The van der Waals surface area contributed by atoms with Gasteiger partial charge in [0.15, 0.2) is 0 Å². The highest BCUT2D eigenvalue weighted by molar-refractivity contribution is 6.04. The molecule has 0 bridgehead atoms. The number of pyridine rings is 1. The van der Waals surface area contributed by atoms with Crippen molar-refractivity contribution in [3.8, 4) is 0 Å². The normalized spacial score (nSPS) is 25.5. The number of nitrogens with one attached hydrogen (secondary N) is 2. The van der Waals surface area contributed by atoms with Crippen LogP contribution < -0.4 is 16.4 Å². The van der Waals surface area contributed by atoms with E-state index >= 15 is 0 Å². The van der Waals surface area contributed by atoms with Crippen LogP contribution in [0, 0.1) is 12.3 Å². The maximum atomic E-state index is 13.2. The van der Waals surface area contributed by atoms with Crippen LogP contribution in [0.15, 0.2) is 64.5 Å². The fourth-order valence-corrected chi connectivity index (χ4v) is 6.46. The Labute approximate surface area is 262 Å². The van der Waals surface area contributed by atoms with Crippen LogP contribution in [0.3, 0.4) is 0 Å². The number of likely N-dealkylation sites (N-methyl/N-ethyl adjacent to an activating group) is 1. The molecule has 2 saturated heterocycles. The third-order valence-electron chi connectivity index (χ3n) is 9.55. The lowest BCUT2D eigenvalue weighted by Crippen LogP contribution is -2.56. The number of carbonyl (C=O) groups excluding carboxylic acids is 2. The molecule has 44 heavy (non-hydrogen) atoms. The van der Waals surface area contributed by atoms with E-state index in [0.29, 0.717) is 35.2 Å². The zero-order chi connectivity index (χ0) is 31.9. The fraction of sp³-hybridized carbons (Fsp3) is 0.529. The summed E-state index contributed by atoms with van der Waals surface area (Å²) >= 11 is 0. The second-order valence-electron chi connectivity index (χ2n) is 12.8. The Hall–Kier alpha value is -3.60. The molecule has 3 atom stereocenters. The molecule has 1 aromatic heterocycles. The van der Waals surface area contributed by atoms with Gasteiger partial charge in [0.2, 0.25) is 5.91 Å². The van der Waals surface area contributed by atoms with Crippen molar-refractivity contribution in [2.45, 2.75) is 59.0 Å². The summed E-state index contributed by atoms with van der Waals surface area (Å²) < 4.78 is 6.21. The van der Waals surface area contributed by atoms with Gasteiger partial charge in [-0.15, -0.1) is 0 Å². The second-order valence-corrected chi connectivity index (χ2v) is 12.8. The Morgan fingerprint density at radius 2 is 2.09 bits per heavy atom. The molecule has 0 aromatic carbocycles. The number of likely N-dealkylation sites (tertiary alicyclic amines) is 1. The van der Waals surface area contributed by atoms with E-state index in [1.165, 1.54) is 0 Å². The Morgan fingerprint density at radius 3 is 2.73 bits per heavy atom. The standard InChI is InChI=1S/C34H49N7O3/c1-7-30-11-10-27(28(17-35)18-36-5)15-25(3)41(30,6)14-8-9-24(2)33(43)39-31-16-29(19-37-26(31)4)38-32(42)20-40-13-12-34(21-40)22-44-23-34/h9-11,15-19,25,30H,7-8,12-14,20-23H2,1-6H3,(H3-,35,36,38,39,42,43)/p+1. The summed E-state index contributed by atoms with van der Waals surface area (Å²) in [5.41, 5.74) is 10.6. The minimum Gasteiger partial charge on any atom is -0.404 e. The van der Waals surface area contributed by atoms with Gasteiger partial charge in [0, 0.05) is 55.4 Å². The molecule has 1 aromatic rings. The van der Waals surface area contributed by atoms with Crippen LogP contribution in [0.4, 0.5) is 11.4 Å². The van der Waals surface area contributed by atoms with E-state index in [2.05, 4.69) is 64.6 Å². The maximum Gasteiger partial charge on any atom is 0.251 e. The van der Waals surface area contributed by atoms with Gasteiger partial charge in [0.1, 0.15) is 12.1 Å². The molecule has 238 valence electrons. The molecule has 0 radical (unpaired) electrons. The molecular weight excluding hydrogens is 554 g/mol. The number of aromatic nitrogens is 1. The van der Waals surface area contributed by atoms with Gasteiger partial charge in [-0.25, -0.2) is 0 Å². The molecule has 1 spiro atoms. The Balaban J connectivity index is 1.35. The molecule has 2 fully saturated rings. The van der Waals surface area contributed by atoms with Gasteiger partial charge < -0.3 is 25.6 Å². The smallest absolute Gasteiger partial charge is 0.251 e. The summed E-state index contributed by atoms with van der Waals surface area (Å²) in [6.45, 7) is 12.7. The van der Waals surface area contributed by atoms with E-state index < -0.39 is 0 Å². The monoisotopic (exact) mass is 604 g/mol. The molecule has 0 aliphatic carbocycles. The first kappa shape index (κ1) is 33.3. The van der Waals surface area contributed by atoms with Gasteiger partial charge in [-0.2, -0.15) is 0 Å². The Bertz CT molecular complexity index is 1370. The van der Waals surface area contributed by atoms with E-state index in [-0.39, 0.29) is 23.3 Å². The van der Waals surface area contributed by atoms with Crippen LogP contribution in [0.5, 0.6) is 0 Å². The lowest BCUT2D eigenvalue weighted by atomic mass is 9.85. The number of ether oxygens (including phenoxy) is 1. The zero-order valence-corrected chi connectivity index (χ0v) is 27.2. The van der Waals surface area contributed by atoms with E-state index in [4.69, 9.17) is 10.5 Å². The molecular formula is C34H50N7O3+. The number of aryl methyl sites for hydroxylation is 1. The van der Waals surface area contributed by atoms with Crippen molar-refractivity contribution in [3.63, 3.8) is 0 Å². The molecule has 3 unspecified atom stereocenters. The number of allylic oxidation sites excluding steroid dienone is 3. The molecule has 4 rings (SSSR count). The number of hydrogen-bond donors (Lipinski definition) is 3. The lowest BCUT2D eigenvalue weighted by molar-refractivity contribution is -0.942. The zero-order valence-electron chi connectivity index (χ0n) is 27.2. The maximum absolute atomic E-state index is 13.2. The minimum absolute atomic E-state index is 0.0865. The average Bonchev–Trinajstić information content (AvgIpc) is 3.36. The SMILES string of the molecule is CCC1C=CC(/C(C=NC)=C/N)=CC(C)[N+]1(C)CCC=C(C)C(=O)Nc1cc(NC(=O)CN2CCC3(COC3)C2)cnc1C. The number of quaternary nitrogens is 1. The number of nitrogens with two attached hydrogens (primary N) is 1. The number of rotatable bonds is 11. The van der Waals surface area contributed by atoms with Gasteiger partial charge in [0.25, 0.3) is 5.91 Å². The first-order valence-electron chi connectivity index (χ1n) is 15.7. The molecule has 2 amide bonds. The van der Waals surface area contributed by atoms with Crippen molar-refractivity contribution in [3.05, 3.63) is 65.2 Å². The van der Waals surface area contributed by atoms with Crippen LogP contribution >= 0.6 is 0 Å². The molecule has 3 aliphatic heterocycles. The third kappa shape index (κ3) is 7.72. The van der Waals surface area contributed by atoms with Crippen LogP contribution in [-0.4, -0.2) is 98.0 Å². The molecule has 4 N–H and O–H groups in total. The van der Waals surface area contributed by atoms with Gasteiger partial charge in [-0.3, -0.25) is 24.5 Å². The quantitative estimate of drug-likeness (QED) is 0.200. The number of amides is 2. The molecule has 4 heterocycles. The van der Waals surface area contributed by atoms with Gasteiger partial charge in [0.05, 0.1) is 56.6 Å². The number of aliphatic imine (C=N–C) groups is 1. The summed E-state index contributed by atoms with van der Waals surface area (Å²) in [6.07, 6.45) is 16.6. The highest BCUT2D eigenvalue weighted by Gasteiger charge is 2.44. The van der Waals surface area contributed by atoms with Crippen molar-refractivity contribution in [2.24, 2.45) is 16.1 Å². The van der Waals surface area contributed by atoms with E-state index in [1.54, 1.807) is 31.7 Å². The molecule has 3 aliphatic rings. The highest BCUT2D eigenvalue weighted by Crippen LogP contribution is 2.37. The Kier molecular flexibility index (Phi) is 10.9. The molecule has 0 saturated carbocycles. The third-order valence-corrected chi connectivity index (χ3v) is 9.55. The summed E-state index contributed by atoms with van der Waals surface area (Å²) in [5, 5.41) is 5.94. The number of anilines is 2. The van der Waals surface area contributed by atoms with Crippen molar-refractivity contribution in [1.82, 2.24) is 9.88 Å². The number of nitrogens with zero attached hydrogens (tertiary/aromatic N) is 4. The highest BCUT2D eigenvalue weighted by atomic mass is 16.5. The summed E-state index contributed by atoms with van der Waals surface area (Å²) in [4.78, 5) is 36.7. The van der Waals surface area contributed by atoms with E-state index in [9.17, 15) is 9.59 Å². The molecule has 10 heteroatoms. The van der Waals surface area contributed by atoms with Crippen LogP contribution in [-0.2, 0) is 14.3 Å². The number of hydrogen-bond acceptors (Lipinski definition) is 7. The van der Waals surface area contributed by atoms with E-state index in [1.807, 2.05) is 19.9 Å². The summed E-state index contributed by atoms with van der Waals surface area (Å²) in [5.74, 6) is -0.266. The van der Waals surface area contributed by atoms with Gasteiger partial charge >= 0.3 is 0 Å². The minimum atomic E-state index is -0.180. The average molecular weight is 605 g/mol. The second kappa shape index (κ2) is 14.5. The predicted molar refractivity (Wildman–Crippen MR) is 177 cm³/mol. The van der Waals surface area contributed by atoms with Crippen LogP contribution in [0.25, 0.3) is 0 Å². The van der Waals surface area contributed by atoms with Crippen molar-refractivity contribution in [1.29, 1.82) is 0 Å². The lowest BCUT2D eigenvalue weighted by Gasteiger charge is -2.43. The van der Waals surface area contributed by atoms with Gasteiger partial charge in [-0.1, -0.05) is 19.1 Å². The molecule has 10 nitrogen and oxygen atoms in total. The summed E-state index contributed by atoms with van der Waals surface area (Å²) in [6, 6.07) is 2.33. The van der Waals surface area contributed by atoms with E-state index in [0.717, 1.165) is 67.7 Å². The summed E-state index contributed by atoms with van der Waals surface area (Å²) in [7, 11) is 4.03. The topological polar surface area (TPSA) is 122 Å². The van der Waals surface area contributed by atoms with Crippen molar-refractivity contribution in [2.75, 3.05) is 64.1 Å². The Morgan fingerprint density at radius 1 is 1.32 bits per heavy atom. The first-order valence-corrected chi connectivity index (χ1v) is 15.7. The van der Waals surface area contributed by atoms with Crippen molar-refractivity contribution < 1.29 is 18.8 Å². The predicted octanol–water partition coefficient (Wildman–Crippen LogP) is 3.98. The van der Waals surface area contributed by atoms with Crippen LogP contribution in [0.2, 0.25) is 0 Å². The first-order chi connectivity index (χ1) is 21.0. The largest absolute Gasteiger partial charge is 0.404 e. The fourth-order valence-electron chi connectivity index (χ4n) is 6.46. The number of carbonyl (C=O) groups is 2.